The highest BCUT2D eigenvalue weighted by molar-refractivity contribution is 7.15. The first kappa shape index (κ1) is 19.5. The minimum atomic E-state index is -0.192. The van der Waals surface area contributed by atoms with E-state index in [2.05, 4.69) is 12.2 Å². The van der Waals surface area contributed by atoms with E-state index in [1.807, 2.05) is 71.2 Å². The molecule has 0 bridgehead atoms. The first-order valence-electron chi connectivity index (χ1n) is 9.93. The summed E-state index contributed by atoms with van der Waals surface area (Å²) in [7, 11) is 0. The Kier molecular flexibility index (Phi) is 5.53. The van der Waals surface area contributed by atoms with E-state index in [-0.39, 0.29) is 17.7 Å². The number of aromatic nitrogens is 1. The van der Waals surface area contributed by atoms with Crippen molar-refractivity contribution in [2.45, 2.75) is 26.7 Å². The molecule has 3 aromatic rings. The largest absolute Gasteiger partial charge is 0.338 e. The molecule has 3 heterocycles. The van der Waals surface area contributed by atoms with Gasteiger partial charge in [0, 0.05) is 36.0 Å². The Morgan fingerprint density at radius 1 is 1.07 bits per heavy atom. The number of aryl methyl sites for hydroxylation is 1. The monoisotopic (exact) mass is 407 g/mol. The number of hydrogen-bond acceptors (Lipinski definition) is 3. The molecule has 1 unspecified atom stereocenters. The van der Waals surface area contributed by atoms with Crippen LogP contribution in [0.5, 0.6) is 0 Å². The minimum absolute atomic E-state index is 0.0162. The molecule has 5 nitrogen and oxygen atoms in total. The first-order valence-corrected chi connectivity index (χ1v) is 10.7. The van der Waals surface area contributed by atoms with Gasteiger partial charge in [-0.25, -0.2) is 0 Å². The zero-order chi connectivity index (χ0) is 20.4. The summed E-state index contributed by atoms with van der Waals surface area (Å²) in [5, 5.41) is 3.93. The van der Waals surface area contributed by atoms with Crippen LogP contribution in [0.25, 0.3) is 5.00 Å². The first-order chi connectivity index (χ1) is 14.0. The van der Waals surface area contributed by atoms with E-state index < -0.39 is 0 Å². The molecule has 0 saturated carbocycles. The van der Waals surface area contributed by atoms with Crippen LogP contribution in [0.4, 0.5) is 5.69 Å². The van der Waals surface area contributed by atoms with E-state index in [4.69, 9.17) is 0 Å². The van der Waals surface area contributed by atoms with Gasteiger partial charge in [0.15, 0.2) is 0 Å². The van der Waals surface area contributed by atoms with Gasteiger partial charge in [0.1, 0.15) is 5.00 Å². The Balaban J connectivity index is 1.53. The molecule has 2 aromatic heterocycles. The van der Waals surface area contributed by atoms with E-state index in [1.54, 1.807) is 11.3 Å². The number of anilines is 1. The summed E-state index contributed by atoms with van der Waals surface area (Å²) >= 11 is 1.64. The van der Waals surface area contributed by atoms with Crippen LogP contribution < -0.4 is 5.32 Å². The zero-order valence-corrected chi connectivity index (χ0v) is 17.5. The number of piperidine rings is 1. The van der Waals surface area contributed by atoms with Crippen molar-refractivity contribution in [3.05, 3.63) is 70.9 Å². The second kappa shape index (κ2) is 8.25. The molecule has 0 aliphatic carbocycles. The predicted octanol–water partition coefficient (Wildman–Crippen LogP) is 4.65. The molecule has 2 amide bonds. The highest BCUT2D eigenvalue weighted by Gasteiger charge is 2.31. The smallest absolute Gasteiger partial charge is 0.257 e. The maximum atomic E-state index is 13.5. The number of para-hydroxylation sites is 1. The van der Waals surface area contributed by atoms with Gasteiger partial charge in [0.05, 0.1) is 11.5 Å². The number of amides is 2. The number of nitrogens with zero attached hydrogens (tertiary/aromatic N) is 2. The summed E-state index contributed by atoms with van der Waals surface area (Å²) < 4.78 is 2.00. The summed E-state index contributed by atoms with van der Waals surface area (Å²) in [5.74, 6) is -0.187. The predicted molar refractivity (Wildman–Crippen MR) is 117 cm³/mol. The number of thiophene rings is 1. The third-order valence-corrected chi connectivity index (χ3v) is 6.76. The molecular formula is C23H25N3O2S. The van der Waals surface area contributed by atoms with Gasteiger partial charge in [-0.1, -0.05) is 18.2 Å². The lowest BCUT2D eigenvalue weighted by Gasteiger charge is -2.32. The van der Waals surface area contributed by atoms with Crippen LogP contribution in [-0.2, 0) is 4.79 Å². The Morgan fingerprint density at radius 3 is 2.52 bits per heavy atom. The maximum absolute atomic E-state index is 13.5. The molecule has 1 atom stereocenters. The molecule has 4 rings (SSSR count). The van der Waals surface area contributed by atoms with Gasteiger partial charge in [-0.05, 0) is 56.5 Å². The van der Waals surface area contributed by atoms with Crippen molar-refractivity contribution in [3.63, 3.8) is 0 Å². The molecule has 6 heteroatoms. The fourth-order valence-corrected chi connectivity index (χ4v) is 4.93. The average Bonchev–Trinajstić information content (AvgIpc) is 3.37. The molecule has 1 fully saturated rings. The number of rotatable bonds is 4. The second-order valence-electron chi connectivity index (χ2n) is 7.50. The molecule has 150 valence electrons. The minimum Gasteiger partial charge on any atom is -0.338 e. The highest BCUT2D eigenvalue weighted by atomic mass is 32.1. The van der Waals surface area contributed by atoms with Gasteiger partial charge in [0.2, 0.25) is 5.91 Å². The average molecular weight is 408 g/mol. The van der Waals surface area contributed by atoms with Gasteiger partial charge in [0.25, 0.3) is 5.91 Å². The molecule has 1 saturated heterocycles. The van der Waals surface area contributed by atoms with Crippen LogP contribution >= 0.6 is 11.3 Å². The molecule has 1 aliphatic rings. The lowest BCUT2D eigenvalue weighted by atomic mass is 9.96. The van der Waals surface area contributed by atoms with Gasteiger partial charge >= 0.3 is 0 Å². The Labute approximate surface area is 175 Å². The Bertz CT molecular complexity index is 1010. The fraction of sp³-hybridized carbons (Fsp3) is 0.304. The SMILES string of the molecule is Cc1sc(-n2cccc2)c(C(=O)N2CCCC(C(=O)Nc3ccccc3)C2)c1C. The summed E-state index contributed by atoms with van der Waals surface area (Å²) in [6.45, 7) is 5.20. The van der Waals surface area contributed by atoms with E-state index in [9.17, 15) is 9.59 Å². The third kappa shape index (κ3) is 3.98. The maximum Gasteiger partial charge on any atom is 0.257 e. The number of benzene rings is 1. The van der Waals surface area contributed by atoms with Crippen LogP contribution in [0.2, 0.25) is 0 Å². The third-order valence-electron chi connectivity index (χ3n) is 5.54. The summed E-state index contributed by atoms with van der Waals surface area (Å²) in [6.07, 6.45) is 5.57. The van der Waals surface area contributed by atoms with E-state index in [0.29, 0.717) is 13.1 Å². The van der Waals surface area contributed by atoms with Gasteiger partial charge in [-0.15, -0.1) is 11.3 Å². The second-order valence-corrected chi connectivity index (χ2v) is 8.70. The number of hydrogen-bond donors (Lipinski definition) is 1. The van der Waals surface area contributed by atoms with Crippen LogP contribution in [0, 0.1) is 19.8 Å². The van der Waals surface area contributed by atoms with Crippen LogP contribution in [-0.4, -0.2) is 34.4 Å². The Morgan fingerprint density at radius 2 is 1.79 bits per heavy atom. The lowest BCUT2D eigenvalue weighted by molar-refractivity contribution is -0.121. The van der Waals surface area contributed by atoms with E-state index in [1.165, 1.54) is 0 Å². The van der Waals surface area contributed by atoms with Crippen molar-refractivity contribution in [1.82, 2.24) is 9.47 Å². The van der Waals surface area contributed by atoms with Crippen molar-refractivity contribution >= 4 is 28.8 Å². The van der Waals surface area contributed by atoms with Crippen LogP contribution in [0.1, 0.15) is 33.6 Å². The van der Waals surface area contributed by atoms with E-state index in [0.717, 1.165) is 39.5 Å². The van der Waals surface area contributed by atoms with Crippen molar-refractivity contribution in [2.75, 3.05) is 18.4 Å². The number of likely N-dealkylation sites (tertiary alicyclic amines) is 1. The molecule has 1 N–H and O–H groups in total. The van der Waals surface area contributed by atoms with Gasteiger partial charge < -0.3 is 14.8 Å². The van der Waals surface area contributed by atoms with Crippen molar-refractivity contribution in [2.24, 2.45) is 5.92 Å². The molecule has 29 heavy (non-hydrogen) atoms. The van der Waals surface area contributed by atoms with E-state index >= 15 is 0 Å². The lowest BCUT2D eigenvalue weighted by Crippen LogP contribution is -2.44. The van der Waals surface area contributed by atoms with Gasteiger partial charge in [-0.3, -0.25) is 9.59 Å². The molecule has 1 aliphatic heterocycles. The van der Waals surface area contributed by atoms with Crippen molar-refractivity contribution in [3.8, 4) is 5.00 Å². The molecule has 0 spiro atoms. The Hall–Kier alpha value is -2.86. The fourth-order valence-electron chi connectivity index (χ4n) is 3.81. The van der Waals surface area contributed by atoms with Crippen LogP contribution in [0.15, 0.2) is 54.9 Å². The van der Waals surface area contributed by atoms with Crippen molar-refractivity contribution < 1.29 is 9.59 Å². The summed E-state index contributed by atoms with van der Waals surface area (Å²) in [6, 6.07) is 13.4. The van der Waals surface area contributed by atoms with Gasteiger partial charge in [-0.2, -0.15) is 0 Å². The topological polar surface area (TPSA) is 54.3 Å². The standard InChI is InChI=1S/C23H25N3O2S/c1-16-17(2)29-23(25-12-6-7-13-25)20(16)22(28)26-14-8-9-18(15-26)21(27)24-19-10-4-3-5-11-19/h3-7,10-13,18H,8-9,14-15H2,1-2H3,(H,24,27). The summed E-state index contributed by atoms with van der Waals surface area (Å²) in [4.78, 5) is 29.2. The van der Waals surface area contributed by atoms with Crippen LogP contribution in [0.3, 0.4) is 0 Å². The van der Waals surface area contributed by atoms with Crippen molar-refractivity contribution in [1.29, 1.82) is 0 Å². The quantitative estimate of drug-likeness (QED) is 0.685. The number of carbonyl (C=O) groups excluding carboxylic acids is 2. The molecule has 1 aromatic carbocycles. The summed E-state index contributed by atoms with van der Waals surface area (Å²) in [5.41, 5.74) is 2.58. The molecule has 0 radical (unpaired) electrons. The zero-order valence-electron chi connectivity index (χ0n) is 16.7. The normalized spacial score (nSPS) is 16.6. The number of nitrogens with one attached hydrogen (secondary N) is 1. The molecular weight excluding hydrogens is 382 g/mol. The number of carbonyl (C=O) groups is 2. The highest BCUT2D eigenvalue weighted by Crippen LogP contribution is 2.33.